The molecule has 0 aliphatic heterocycles. The number of hydrogen-bond acceptors (Lipinski definition) is 3. The van der Waals surface area contributed by atoms with Crippen LogP contribution < -0.4 is 11.5 Å². The fraction of sp³-hybridized carbons (Fsp3) is 1.00. The Bertz CT molecular complexity index is 183. The van der Waals surface area contributed by atoms with Crippen LogP contribution in [0.3, 0.4) is 0 Å². The van der Waals surface area contributed by atoms with Crippen molar-refractivity contribution in [1.29, 1.82) is 0 Å². The van der Waals surface area contributed by atoms with Gasteiger partial charge in [-0.05, 0) is 77.5 Å². The van der Waals surface area contributed by atoms with Crippen molar-refractivity contribution in [2.45, 2.75) is 74.3 Å². The van der Waals surface area contributed by atoms with Crippen LogP contribution in [0, 0.1) is 23.7 Å². The van der Waals surface area contributed by atoms with Gasteiger partial charge in [-0.15, -0.1) is 0 Å². The second-order valence-corrected chi connectivity index (χ2v) is 8.05. The highest BCUT2D eigenvalue weighted by Gasteiger charge is 2.10. The summed E-state index contributed by atoms with van der Waals surface area (Å²) in [4.78, 5) is 2.17. The maximum absolute atomic E-state index is 5.67. The molecule has 138 valence electrons. The van der Waals surface area contributed by atoms with Crippen molar-refractivity contribution in [2.24, 2.45) is 35.1 Å². The Hall–Kier alpha value is -0.120. The van der Waals surface area contributed by atoms with Gasteiger partial charge in [0.1, 0.15) is 0 Å². The van der Waals surface area contributed by atoms with Crippen LogP contribution in [0.4, 0.5) is 0 Å². The average Bonchev–Trinajstić information content (AvgIpc) is 2.38. The molecular weight excluding hydrogens is 270 g/mol. The molecule has 0 aromatic carbocycles. The van der Waals surface area contributed by atoms with E-state index in [4.69, 9.17) is 11.5 Å². The Labute approximate surface area is 142 Å². The van der Waals surface area contributed by atoms with Crippen LogP contribution in [0.5, 0.6) is 0 Å². The smallest absolute Gasteiger partial charge is 0.00324 e. The highest BCUT2D eigenvalue weighted by Crippen LogP contribution is 2.18. The second-order valence-electron chi connectivity index (χ2n) is 8.05. The van der Waals surface area contributed by atoms with E-state index in [0.717, 1.165) is 30.8 Å². The molecule has 0 saturated heterocycles. The summed E-state index contributed by atoms with van der Waals surface area (Å²) in [5.74, 6) is 2.99. The van der Waals surface area contributed by atoms with Crippen LogP contribution in [-0.4, -0.2) is 38.1 Å². The van der Waals surface area contributed by atoms with Crippen molar-refractivity contribution >= 4 is 0 Å². The molecule has 0 amide bonds. The van der Waals surface area contributed by atoms with Gasteiger partial charge in [0.15, 0.2) is 0 Å². The molecule has 0 aliphatic rings. The van der Waals surface area contributed by atoms with Gasteiger partial charge in [0.25, 0.3) is 0 Å². The molecule has 0 fully saturated rings. The number of nitrogens with two attached hydrogens (primary N) is 2. The molecule has 3 heteroatoms. The zero-order valence-electron chi connectivity index (χ0n) is 17.3. The number of rotatable bonds is 7. The first-order valence-corrected chi connectivity index (χ1v) is 9.04. The molecular formula is C19H47N3. The first-order valence-electron chi connectivity index (χ1n) is 9.04. The third-order valence-electron chi connectivity index (χ3n) is 3.45. The van der Waals surface area contributed by atoms with Crippen LogP contribution in [0.15, 0.2) is 0 Å². The van der Waals surface area contributed by atoms with Gasteiger partial charge in [0.2, 0.25) is 0 Å². The maximum atomic E-state index is 5.67. The van der Waals surface area contributed by atoms with Crippen molar-refractivity contribution in [3.8, 4) is 0 Å². The van der Waals surface area contributed by atoms with E-state index in [0.29, 0.717) is 12.0 Å². The zero-order valence-corrected chi connectivity index (χ0v) is 17.3. The summed E-state index contributed by atoms with van der Waals surface area (Å²) in [6, 6.07) is 0.685. The van der Waals surface area contributed by atoms with Crippen molar-refractivity contribution < 1.29 is 0 Å². The van der Waals surface area contributed by atoms with Crippen molar-refractivity contribution in [3.05, 3.63) is 0 Å². The summed E-state index contributed by atoms with van der Waals surface area (Å²) in [6.07, 6.45) is 2.57. The van der Waals surface area contributed by atoms with Crippen LogP contribution in [-0.2, 0) is 0 Å². The summed E-state index contributed by atoms with van der Waals surface area (Å²) < 4.78 is 0. The third kappa shape index (κ3) is 28.1. The first kappa shape index (κ1) is 26.8. The molecule has 0 saturated carbocycles. The van der Waals surface area contributed by atoms with Crippen molar-refractivity contribution in [3.63, 3.8) is 0 Å². The topological polar surface area (TPSA) is 55.3 Å². The lowest BCUT2D eigenvalue weighted by atomic mass is 9.90. The molecule has 0 spiro atoms. The zero-order chi connectivity index (χ0) is 18.3. The van der Waals surface area contributed by atoms with Crippen LogP contribution >= 0.6 is 0 Å². The molecule has 4 N–H and O–H groups in total. The fourth-order valence-electron chi connectivity index (χ4n) is 1.62. The summed E-state index contributed by atoms with van der Waals surface area (Å²) in [5.41, 5.74) is 10.8. The Balaban J connectivity index is -0.000000277. The standard InChI is InChI=1S/C10H23N.C5H13N.C4H11N/c1-8(2)5-10(7-11)6-9(3)4;1-5(2)6(3)4;1-4(2)3-5/h8-10H,5-7,11H2,1-4H3;5H,1-4H3;4H,3,5H2,1-2H3. The van der Waals surface area contributed by atoms with Crippen molar-refractivity contribution in [2.75, 3.05) is 27.2 Å². The van der Waals surface area contributed by atoms with Gasteiger partial charge < -0.3 is 16.4 Å². The normalized spacial score (nSPS) is 11.2. The predicted molar refractivity (Wildman–Crippen MR) is 104 cm³/mol. The van der Waals surface area contributed by atoms with Gasteiger partial charge in [-0.2, -0.15) is 0 Å². The first-order chi connectivity index (χ1) is 9.97. The van der Waals surface area contributed by atoms with E-state index in [9.17, 15) is 0 Å². The lowest BCUT2D eigenvalue weighted by Gasteiger charge is -2.18. The van der Waals surface area contributed by atoms with Gasteiger partial charge in [0.05, 0.1) is 0 Å². The Kier molecular flexibility index (Phi) is 21.0. The quantitative estimate of drug-likeness (QED) is 0.739. The number of hydrogen-bond donors (Lipinski definition) is 2. The van der Waals surface area contributed by atoms with E-state index in [-0.39, 0.29) is 0 Å². The van der Waals surface area contributed by atoms with Crippen LogP contribution in [0.1, 0.15) is 68.2 Å². The molecule has 22 heavy (non-hydrogen) atoms. The molecule has 0 aromatic heterocycles. The van der Waals surface area contributed by atoms with E-state index in [1.807, 2.05) is 0 Å². The van der Waals surface area contributed by atoms with Crippen molar-refractivity contribution in [1.82, 2.24) is 4.90 Å². The summed E-state index contributed by atoms with van der Waals surface area (Å²) in [7, 11) is 4.15. The molecule has 0 aliphatic carbocycles. The highest BCUT2D eigenvalue weighted by atomic mass is 15.1. The number of nitrogens with zero attached hydrogens (tertiary/aromatic N) is 1. The van der Waals surface area contributed by atoms with Gasteiger partial charge in [0, 0.05) is 6.04 Å². The summed E-state index contributed by atoms with van der Waals surface area (Å²) in [5, 5.41) is 0. The largest absolute Gasteiger partial charge is 0.330 e. The van der Waals surface area contributed by atoms with Gasteiger partial charge in [-0.3, -0.25) is 0 Å². The monoisotopic (exact) mass is 317 g/mol. The highest BCUT2D eigenvalue weighted by molar-refractivity contribution is 4.63. The minimum absolute atomic E-state index is 0.662. The van der Waals surface area contributed by atoms with Gasteiger partial charge in [-0.25, -0.2) is 0 Å². The third-order valence-corrected chi connectivity index (χ3v) is 3.45. The van der Waals surface area contributed by atoms with Crippen LogP contribution in [0.2, 0.25) is 0 Å². The molecule has 0 bridgehead atoms. The summed E-state index contributed by atoms with van der Waals surface area (Å²) in [6.45, 7) is 19.3. The van der Waals surface area contributed by atoms with Gasteiger partial charge in [-0.1, -0.05) is 41.5 Å². The maximum Gasteiger partial charge on any atom is 0.00324 e. The Morgan fingerprint density at radius 1 is 0.636 bits per heavy atom. The summed E-state index contributed by atoms with van der Waals surface area (Å²) >= 11 is 0. The lowest BCUT2D eigenvalue weighted by Crippen LogP contribution is -2.20. The minimum atomic E-state index is 0.662. The predicted octanol–water partition coefficient (Wildman–Crippen LogP) is 4.21. The molecule has 3 nitrogen and oxygen atoms in total. The van der Waals surface area contributed by atoms with Gasteiger partial charge >= 0.3 is 0 Å². The minimum Gasteiger partial charge on any atom is -0.330 e. The molecule has 0 radical (unpaired) electrons. The van der Waals surface area contributed by atoms with E-state index in [1.54, 1.807) is 0 Å². The second kappa shape index (κ2) is 17.2. The Morgan fingerprint density at radius 2 is 0.909 bits per heavy atom. The average molecular weight is 318 g/mol. The van der Waals surface area contributed by atoms with E-state index >= 15 is 0 Å². The molecule has 0 rings (SSSR count). The lowest BCUT2D eigenvalue weighted by molar-refractivity contribution is 0.335. The molecule has 0 aromatic rings. The van der Waals surface area contributed by atoms with E-state index in [2.05, 4.69) is 74.4 Å². The SMILES string of the molecule is CC(C)CC(CN)CC(C)C.CC(C)CN.CC(C)N(C)C. The molecule has 0 atom stereocenters. The van der Waals surface area contributed by atoms with Crippen LogP contribution in [0.25, 0.3) is 0 Å². The Morgan fingerprint density at radius 3 is 1.00 bits per heavy atom. The van der Waals surface area contributed by atoms with E-state index in [1.165, 1.54) is 12.8 Å². The fourth-order valence-corrected chi connectivity index (χ4v) is 1.62. The molecule has 0 unspecified atom stereocenters. The molecule has 0 heterocycles. The van der Waals surface area contributed by atoms with E-state index < -0.39 is 0 Å².